The Bertz CT molecular complexity index is 202. The lowest BCUT2D eigenvalue weighted by Crippen LogP contribution is -2.34. The van der Waals surface area contributed by atoms with Crippen LogP contribution in [0.3, 0.4) is 0 Å². The van der Waals surface area contributed by atoms with Gasteiger partial charge < -0.3 is 10.2 Å². The number of unbranched alkanes of at least 4 members (excludes halogenated alkanes) is 7. The van der Waals surface area contributed by atoms with Crippen LogP contribution in [0.5, 0.6) is 0 Å². The first-order chi connectivity index (χ1) is 8.18. The van der Waals surface area contributed by atoms with Crippen molar-refractivity contribution in [2.45, 2.75) is 51.4 Å². The average molecular weight is 256 g/mol. The van der Waals surface area contributed by atoms with E-state index < -0.39 is 0 Å². The molecule has 17 heavy (non-hydrogen) atoms. The van der Waals surface area contributed by atoms with Crippen LogP contribution in [-0.4, -0.2) is 30.7 Å². The molecule has 2 nitrogen and oxygen atoms in total. The highest BCUT2D eigenvalue weighted by molar-refractivity contribution is 7.80. The molecule has 3 heteroatoms. The maximum atomic E-state index is 5.14. The highest BCUT2D eigenvalue weighted by atomic mass is 32.1. The van der Waals surface area contributed by atoms with E-state index in [1.54, 1.807) is 0 Å². The normalized spacial score (nSPS) is 10.0. The molecule has 0 aliphatic carbocycles. The summed E-state index contributed by atoms with van der Waals surface area (Å²) in [5.74, 6) is 0. The summed E-state index contributed by atoms with van der Waals surface area (Å²) in [7, 11) is 3.94. The molecule has 0 fully saturated rings. The minimum atomic E-state index is 0.842. The molecule has 0 unspecified atom stereocenters. The summed E-state index contributed by atoms with van der Waals surface area (Å²) in [5.41, 5.74) is 0. The molecule has 0 rings (SSSR count). The molecule has 0 aromatic carbocycles. The Morgan fingerprint density at radius 1 is 1.06 bits per heavy atom. The molecule has 0 aromatic rings. The van der Waals surface area contributed by atoms with Crippen molar-refractivity contribution in [3.05, 3.63) is 12.7 Å². The molecule has 100 valence electrons. The average Bonchev–Trinajstić information content (AvgIpc) is 2.31. The molecular weight excluding hydrogens is 228 g/mol. The fourth-order valence-electron chi connectivity index (χ4n) is 1.65. The second-order valence-corrected chi connectivity index (χ2v) is 5.07. The summed E-state index contributed by atoms with van der Waals surface area (Å²) < 4.78 is 0. The van der Waals surface area contributed by atoms with Crippen molar-refractivity contribution in [3.63, 3.8) is 0 Å². The Hall–Kier alpha value is -0.570. The van der Waals surface area contributed by atoms with E-state index in [2.05, 4.69) is 11.9 Å². The van der Waals surface area contributed by atoms with Gasteiger partial charge in [-0.3, -0.25) is 0 Å². The van der Waals surface area contributed by atoms with Gasteiger partial charge in [-0.15, -0.1) is 6.58 Å². The highest BCUT2D eigenvalue weighted by Crippen LogP contribution is 2.08. The second kappa shape index (κ2) is 11.9. The number of hydrogen-bond acceptors (Lipinski definition) is 1. The predicted molar refractivity (Wildman–Crippen MR) is 81.4 cm³/mol. The number of allylic oxidation sites excluding steroid dienone is 1. The van der Waals surface area contributed by atoms with E-state index in [9.17, 15) is 0 Å². The molecule has 0 aliphatic rings. The largest absolute Gasteiger partial charge is 0.363 e. The number of thiocarbonyl (C=S) groups is 1. The molecular formula is C14H28N2S. The van der Waals surface area contributed by atoms with Gasteiger partial charge in [0, 0.05) is 20.6 Å². The van der Waals surface area contributed by atoms with Crippen molar-refractivity contribution in [2.75, 3.05) is 20.6 Å². The fraction of sp³-hybridized carbons (Fsp3) is 0.786. The topological polar surface area (TPSA) is 15.3 Å². The molecule has 1 N–H and O–H groups in total. The van der Waals surface area contributed by atoms with Crippen molar-refractivity contribution in [1.82, 2.24) is 10.2 Å². The molecule has 0 heterocycles. The number of nitrogens with zero attached hydrogens (tertiary/aromatic N) is 1. The third-order valence-corrected chi connectivity index (χ3v) is 3.28. The van der Waals surface area contributed by atoms with Crippen LogP contribution in [0.4, 0.5) is 0 Å². The van der Waals surface area contributed by atoms with Crippen molar-refractivity contribution >= 4 is 17.3 Å². The SMILES string of the molecule is C=CCCCCCCCCCNC(=S)N(C)C. The van der Waals surface area contributed by atoms with Crippen LogP contribution in [0.25, 0.3) is 0 Å². The van der Waals surface area contributed by atoms with Crippen molar-refractivity contribution in [3.8, 4) is 0 Å². The molecule has 0 amide bonds. The van der Waals surface area contributed by atoms with E-state index in [1.807, 2.05) is 25.1 Å². The maximum Gasteiger partial charge on any atom is 0.168 e. The van der Waals surface area contributed by atoms with Gasteiger partial charge in [0.2, 0.25) is 0 Å². The van der Waals surface area contributed by atoms with Gasteiger partial charge in [0.25, 0.3) is 0 Å². The fourth-order valence-corrected chi connectivity index (χ4v) is 1.75. The van der Waals surface area contributed by atoms with Gasteiger partial charge in [0.1, 0.15) is 0 Å². The molecule has 0 saturated carbocycles. The van der Waals surface area contributed by atoms with Crippen LogP contribution in [-0.2, 0) is 0 Å². The lowest BCUT2D eigenvalue weighted by atomic mass is 10.1. The van der Waals surface area contributed by atoms with E-state index in [-0.39, 0.29) is 0 Å². The maximum absolute atomic E-state index is 5.14. The lowest BCUT2D eigenvalue weighted by Gasteiger charge is -2.15. The summed E-state index contributed by atoms with van der Waals surface area (Å²) in [6, 6.07) is 0. The third kappa shape index (κ3) is 11.7. The molecule has 0 saturated heterocycles. The van der Waals surface area contributed by atoms with E-state index in [4.69, 9.17) is 12.2 Å². The summed E-state index contributed by atoms with van der Waals surface area (Å²) >= 11 is 5.14. The number of rotatable bonds is 10. The molecule has 0 bridgehead atoms. The first kappa shape index (κ1) is 16.4. The number of hydrogen-bond donors (Lipinski definition) is 1. The van der Waals surface area contributed by atoms with Gasteiger partial charge >= 0.3 is 0 Å². The van der Waals surface area contributed by atoms with Crippen LogP contribution >= 0.6 is 12.2 Å². The minimum Gasteiger partial charge on any atom is -0.363 e. The Kier molecular flexibility index (Phi) is 11.5. The van der Waals surface area contributed by atoms with E-state index in [0.29, 0.717) is 0 Å². The Balaban J connectivity index is 3.08. The molecule has 0 aromatic heterocycles. The molecule has 0 atom stereocenters. The Morgan fingerprint density at radius 2 is 1.59 bits per heavy atom. The smallest absolute Gasteiger partial charge is 0.168 e. The van der Waals surface area contributed by atoms with Crippen LogP contribution in [0.15, 0.2) is 12.7 Å². The summed E-state index contributed by atoms with van der Waals surface area (Å²) in [6.45, 7) is 4.74. The van der Waals surface area contributed by atoms with Crippen molar-refractivity contribution in [1.29, 1.82) is 0 Å². The van der Waals surface area contributed by atoms with Gasteiger partial charge in [-0.05, 0) is 31.5 Å². The van der Waals surface area contributed by atoms with Crippen molar-refractivity contribution in [2.24, 2.45) is 0 Å². The summed E-state index contributed by atoms with van der Waals surface area (Å²) in [6.07, 6.45) is 12.5. The zero-order valence-corrected chi connectivity index (χ0v) is 12.3. The Morgan fingerprint density at radius 3 is 2.12 bits per heavy atom. The third-order valence-electron chi connectivity index (χ3n) is 2.77. The van der Waals surface area contributed by atoms with Crippen LogP contribution in [0.1, 0.15) is 51.4 Å². The predicted octanol–water partition coefficient (Wildman–Crippen LogP) is 3.73. The van der Waals surface area contributed by atoms with E-state index in [1.165, 1.54) is 51.4 Å². The van der Waals surface area contributed by atoms with Crippen molar-refractivity contribution < 1.29 is 0 Å². The zero-order valence-electron chi connectivity index (χ0n) is 11.5. The monoisotopic (exact) mass is 256 g/mol. The van der Waals surface area contributed by atoms with Crippen LogP contribution in [0.2, 0.25) is 0 Å². The van der Waals surface area contributed by atoms with Gasteiger partial charge in [-0.2, -0.15) is 0 Å². The summed E-state index contributed by atoms with van der Waals surface area (Å²) in [5, 5.41) is 4.09. The van der Waals surface area contributed by atoms with Gasteiger partial charge in [0.15, 0.2) is 5.11 Å². The van der Waals surface area contributed by atoms with Gasteiger partial charge in [-0.25, -0.2) is 0 Å². The molecule has 0 spiro atoms. The summed E-state index contributed by atoms with van der Waals surface area (Å²) in [4.78, 5) is 1.94. The number of nitrogens with one attached hydrogen (secondary N) is 1. The first-order valence-corrected chi connectivity index (χ1v) is 7.15. The molecule has 0 aliphatic heterocycles. The first-order valence-electron chi connectivity index (χ1n) is 6.74. The second-order valence-electron chi connectivity index (χ2n) is 4.68. The molecule has 0 radical (unpaired) electrons. The van der Waals surface area contributed by atoms with Crippen LogP contribution < -0.4 is 5.32 Å². The minimum absolute atomic E-state index is 0.842. The van der Waals surface area contributed by atoms with E-state index >= 15 is 0 Å². The van der Waals surface area contributed by atoms with Crippen LogP contribution in [0, 0.1) is 0 Å². The van der Waals surface area contributed by atoms with E-state index in [0.717, 1.165) is 11.7 Å². The Labute approximate surface area is 112 Å². The quantitative estimate of drug-likeness (QED) is 0.364. The zero-order chi connectivity index (χ0) is 12.9. The standard InChI is InChI=1S/C14H28N2S/c1-4-5-6-7-8-9-10-11-12-13-15-14(17)16(2)3/h4H,1,5-13H2,2-3H3,(H,15,17). The van der Waals surface area contributed by atoms with Gasteiger partial charge in [0.05, 0.1) is 0 Å². The highest BCUT2D eigenvalue weighted by Gasteiger charge is 1.96. The van der Waals surface area contributed by atoms with Gasteiger partial charge in [-0.1, -0.05) is 38.2 Å². The lowest BCUT2D eigenvalue weighted by molar-refractivity contribution is 0.562.